The number of carbonyl (C=O) groups is 2. The lowest BCUT2D eigenvalue weighted by molar-refractivity contribution is -0.144. The number of hydrogen-bond acceptors (Lipinski definition) is 6. The Morgan fingerprint density at radius 2 is 1.95 bits per heavy atom. The van der Waals surface area contributed by atoms with Gasteiger partial charge < -0.3 is 15.3 Å². The second kappa shape index (κ2) is 10.4. The topological polar surface area (TPSA) is 104 Å². The van der Waals surface area contributed by atoms with Crippen LogP contribution in [0.1, 0.15) is 83.0 Å². The van der Waals surface area contributed by atoms with E-state index in [-0.39, 0.29) is 30.3 Å². The maximum absolute atomic E-state index is 14.0. The molecule has 206 valence electrons. The summed E-state index contributed by atoms with van der Waals surface area (Å²) in [4.78, 5) is 31.5. The van der Waals surface area contributed by atoms with E-state index in [9.17, 15) is 14.7 Å². The van der Waals surface area contributed by atoms with Crippen LogP contribution in [0.4, 0.5) is 0 Å². The van der Waals surface area contributed by atoms with Crippen molar-refractivity contribution in [3.05, 3.63) is 47.8 Å². The number of hydrogen-bond donors (Lipinski definition) is 2. The van der Waals surface area contributed by atoms with Crippen LogP contribution in [0, 0.1) is 5.41 Å². The summed E-state index contributed by atoms with van der Waals surface area (Å²) >= 11 is 0. The number of nitrogens with zero attached hydrogens (tertiary/aromatic N) is 5. The zero-order valence-electron chi connectivity index (χ0n) is 23.1. The summed E-state index contributed by atoms with van der Waals surface area (Å²) < 4.78 is 1.66. The van der Waals surface area contributed by atoms with Crippen LogP contribution in [-0.2, 0) is 16.1 Å². The molecule has 5 rings (SSSR count). The molecule has 2 N–H and O–H groups in total. The van der Waals surface area contributed by atoms with Crippen LogP contribution >= 0.6 is 0 Å². The summed E-state index contributed by atoms with van der Waals surface area (Å²) in [7, 11) is 0. The van der Waals surface area contributed by atoms with E-state index >= 15 is 0 Å². The molecule has 1 aromatic carbocycles. The summed E-state index contributed by atoms with van der Waals surface area (Å²) in [5.74, 6) is 0.0387. The zero-order chi connectivity index (χ0) is 27.1. The second-order valence-corrected chi connectivity index (χ2v) is 12.8. The number of rotatable bonds is 8. The van der Waals surface area contributed by atoms with E-state index < -0.39 is 23.6 Å². The number of carbonyl (C=O) groups excluding carboxylic acids is 2. The number of likely N-dealkylation sites (tertiary alicyclic amines) is 2. The number of amides is 2. The molecule has 1 aliphatic carbocycles. The normalized spacial score (nSPS) is 27.0. The van der Waals surface area contributed by atoms with Gasteiger partial charge in [-0.2, -0.15) is 0 Å². The molecule has 9 heteroatoms. The lowest BCUT2D eigenvalue weighted by atomic mass is 9.85. The highest BCUT2D eigenvalue weighted by Gasteiger charge is 2.46. The molecule has 0 bridgehead atoms. The molecule has 0 spiro atoms. The molecule has 3 heterocycles. The zero-order valence-corrected chi connectivity index (χ0v) is 23.1. The quantitative estimate of drug-likeness (QED) is 0.553. The average molecular weight is 523 g/mol. The van der Waals surface area contributed by atoms with Crippen LogP contribution in [-0.4, -0.2) is 79.0 Å². The fourth-order valence-corrected chi connectivity index (χ4v) is 6.07. The number of β-amino-alcohol motifs (C(OH)–C–C–N with tert-alkyl or cyclic N) is 1. The monoisotopic (exact) mass is 522 g/mol. The summed E-state index contributed by atoms with van der Waals surface area (Å²) in [6.07, 6.45) is 5.69. The van der Waals surface area contributed by atoms with Gasteiger partial charge in [0.05, 0.1) is 11.8 Å². The summed E-state index contributed by atoms with van der Waals surface area (Å²) in [6, 6.07) is 9.08. The Kier molecular flexibility index (Phi) is 7.35. The van der Waals surface area contributed by atoms with Crippen molar-refractivity contribution in [1.82, 2.24) is 30.1 Å². The molecule has 2 aromatic rings. The first-order valence-corrected chi connectivity index (χ1v) is 14.0. The van der Waals surface area contributed by atoms with E-state index in [1.807, 2.05) is 33.0 Å². The first kappa shape index (κ1) is 26.8. The van der Waals surface area contributed by atoms with Crippen molar-refractivity contribution in [3.63, 3.8) is 0 Å². The van der Waals surface area contributed by atoms with Gasteiger partial charge in [0.1, 0.15) is 12.1 Å². The molecular formula is C29H42N6O3. The summed E-state index contributed by atoms with van der Waals surface area (Å²) in [5, 5.41) is 22.3. The third-order valence-corrected chi connectivity index (χ3v) is 8.47. The number of benzene rings is 1. The summed E-state index contributed by atoms with van der Waals surface area (Å²) in [5.41, 5.74) is 1.57. The van der Waals surface area contributed by atoms with Crippen LogP contribution in [0.5, 0.6) is 0 Å². The van der Waals surface area contributed by atoms with E-state index in [1.165, 1.54) is 5.56 Å². The van der Waals surface area contributed by atoms with Gasteiger partial charge in [-0.3, -0.25) is 14.5 Å². The first-order chi connectivity index (χ1) is 18.0. The molecule has 3 unspecified atom stereocenters. The van der Waals surface area contributed by atoms with Crippen LogP contribution in [0.25, 0.3) is 0 Å². The molecule has 9 nitrogen and oxygen atoms in total. The van der Waals surface area contributed by atoms with E-state index in [1.54, 1.807) is 9.58 Å². The van der Waals surface area contributed by atoms with Crippen molar-refractivity contribution in [2.24, 2.45) is 5.41 Å². The van der Waals surface area contributed by atoms with Gasteiger partial charge in [0, 0.05) is 43.7 Å². The predicted octanol–water partition coefficient (Wildman–Crippen LogP) is 2.88. The third-order valence-electron chi connectivity index (χ3n) is 8.47. The van der Waals surface area contributed by atoms with Crippen LogP contribution in [0.15, 0.2) is 36.5 Å². The van der Waals surface area contributed by atoms with Crippen molar-refractivity contribution < 1.29 is 14.7 Å². The Balaban J connectivity index is 1.28. The van der Waals surface area contributed by atoms with Crippen molar-refractivity contribution >= 4 is 11.8 Å². The van der Waals surface area contributed by atoms with Gasteiger partial charge in [-0.05, 0) is 50.1 Å². The lowest BCUT2D eigenvalue weighted by Crippen LogP contribution is -2.54. The predicted molar refractivity (Wildman–Crippen MR) is 144 cm³/mol. The van der Waals surface area contributed by atoms with Gasteiger partial charge in [-0.25, -0.2) is 4.68 Å². The fourth-order valence-electron chi connectivity index (χ4n) is 6.07. The van der Waals surface area contributed by atoms with Crippen molar-refractivity contribution in [3.8, 4) is 0 Å². The highest BCUT2D eigenvalue weighted by molar-refractivity contribution is 5.90. The van der Waals surface area contributed by atoms with E-state index in [0.717, 1.165) is 44.5 Å². The largest absolute Gasteiger partial charge is 0.391 e. The molecule has 3 aliphatic rings. The van der Waals surface area contributed by atoms with Gasteiger partial charge in [0.2, 0.25) is 11.8 Å². The average Bonchev–Trinajstić information content (AvgIpc) is 3.30. The fraction of sp³-hybridized carbons (Fsp3) is 0.655. The smallest absolute Gasteiger partial charge is 0.248 e. The molecule has 2 amide bonds. The molecule has 4 atom stereocenters. The maximum atomic E-state index is 14.0. The minimum atomic E-state index is -0.732. The van der Waals surface area contributed by atoms with Crippen LogP contribution < -0.4 is 5.32 Å². The van der Waals surface area contributed by atoms with Gasteiger partial charge in [-0.15, -0.1) is 5.10 Å². The Labute approximate surface area is 225 Å². The van der Waals surface area contributed by atoms with Crippen molar-refractivity contribution in [2.75, 3.05) is 19.6 Å². The molecule has 38 heavy (non-hydrogen) atoms. The molecule has 3 fully saturated rings. The number of aromatic nitrogens is 3. The Morgan fingerprint density at radius 3 is 2.63 bits per heavy atom. The standard InChI is InChI=1S/C29H42N6O3/c1-28(2,3)25(35-18-23(31-32-35)21-11-12-21)27(38)34-17-22(36)15-24(34)26(37)30-19-29(4)13-8-14-33(29)16-20-9-6-5-7-10-20/h5-7,9-10,18,21-22,24-25,36H,8,11-17,19H2,1-4H3,(H,30,37)/t22?,24?,25-,29?/m1/s1. The maximum Gasteiger partial charge on any atom is 0.248 e. The SMILES string of the molecule is CC(C)(C)[C@@H](C(=O)N1CC(O)CC1C(=O)NCC1(C)CCCN1Cc1ccccc1)n1cc(C2CC2)nn1. The van der Waals surface area contributed by atoms with Gasteiger partial charge >= 0.3 is 0 Å². The highest BCUT2D eigenvalue weighted by Crippen LogP contribution is 2.40. The Bertz CT molecular complexity index is 1140. The van der Waals surface area contributed by atoms with E-state index in [2.05, 4.69) is 51.7 Å². The molecule has 1 saturated carbocycles. The van der Waals surface area contributed by atoms with E-state index in [0.29, 0.717) is 12.5 Å². The number of aliphatic hydroxyl groups is 1. The van der Waals surface area contributed by atoms with Gasteiger partial charge in [0.25, 0.3) is 0 Å². The molecular weight excluding hydrogens is 480 g/mol. The van der Waals surface area contributed by atoms with Gasteiger partial charge in [-0.1, -0.05) is 56.3 Å². The minimum Gasteiger partial charge on any atom is -0.391 e. The molecule has 2 aliphatic heterocycles. The van der Waals surface area contributed by atoms with Crippen molar-refractivity contribution in [2.45, 2.75) is 96.0 Å². The Morgan fingerprint density at radius 1 is 1.21 bits per heavy atom. The van der Waals surface area contributed by atoms with Crippen LogP contribution in [0.3, 0.4) is 0 Å². The van der Waals surface area contributed by atoms with Crippen molar-refractivity contribution in [1.29, 1.82) is 0 Å². The first-order valence-electron chi connectivity index (χ1n) is 14.0. The number of nitrogens with one attached hydrogen (secondary N) is 1. The summed E-state index contributed by atoms with van der Waals surface area (Å²) in [6.45, 7) is 10.7. The highest BCUT2D eigenvalue weighted by atomic mass is 16.3. The van der Waals surface area contributed by atoms with E-state index in [4.69, 9.17) is 0 Å². The Hall–Kier alpha value is -2.78. The molecule has 1 aromatic heterocycles. The molecule has 2 saturated heterocycles. The second-order valence-electron chi connectivity index (χ2n) is 12.8. The minimum absolute atomic E-state index is 0.144. The third kappa shape index (κ3) is 5.64. The van der Waals surface area contributed by atoms with Crippen LogP contribution in [0.2, 0.25) is 0 Å². The molecule has 0 radical (unpaired) electrons. The van der Waals surface area contributed by atoms with Gasteiger partial charge in [0.15, 0.2) is 0 Å². The number of aliphatic hydroxyl groups excluding tert-OH is 1. The lowest BCUT2D eigenvalue weighted by Gasteiger charge is -2.37.